The van der Waals surface area contributed by atoms with E-state index in [0.717, 1.165) is 11.4 Å². The van der Waals surface area contributed by atoms with Crippen LogP contribution in [0.3, 0.4) is 0 Å². The third-order valence-corrected chi connectivity index (χ3v) is 1.80. The molecule has 105 valence electrons. The minimum atomic E-state index is 0. The van der Waals surface area contributed by atoms with Crippen molar-refractivity contribution in [1.29, 1.82) is 0 Å². The Hall–Kier alpha value is -0.346. The third kappa shape index (κ3) is 11.2. The summed E-state index contributed by atoms with van der Waals surface area (Å²) in [6.07, 6.45) is 3.61. The van der Waals surface area contributed by atoms with E-state index < -0.39 is 0 Å². The Labute approximate surface area is 140 Å². The molecule has 0 aliphatic rings. The van der Waals surface area contributed by atoms with Crippen molar-refractivity contribution in [2.45, 2.75) is 39.8 Å². The van der Waals surface area contributed by atoms with Crippen molar-refractivity contribution in [3.63, 3.8) is 0 Å². The molecule has 0 N–H and O–H groups in total. The number of hydrogen-bond donors (Lipinski definition) is 0. The van der Waals surface area contributed by atoms with Crippen molar-refractivity contribution in [3.8, 4) is 0 Å². The zero-order chi connectivity index (χ0) is 12.0. The molecule has 1 rings (SSSR count). The van der Waals surface area contributed by atoms with Gasteiger partial charge in [0.15, 0.2) is 0 Å². The van der Waals surface area contributed by atoms with Crippen LogP contribution in [0.5, 0.6) is 0 Å². The Morgan fingerprint density at radius 3 is 1.58 bits per heavy atom. The number of nitrogens with zero attached hydrogens (tertiary/aromatic N) is 3. The number of hydrogen-bond acceptors (Lipinski definition) is 3. The van der Waals surface area contributed by atoms with E-state index in [4.69, 9.17) is 0 Å². The standard InChI is InChI=1S/C13H19N3.2ClH.V/c1-10(2)14-8-12-6-5-7-13(16-12)9-15-11(3)4;;;/h5-11H,1-4H3;2*1H;/q;;;+2/p-2. The first-order valence-electron chi connectivity index (χ1n) is 5.61. The average molecular weight is 339 g/mol. The van der Waals surface area contributed by atoms with Gasteiger partial charge < -0.3 is 24.8 Å². The number of aromatic nitrogens is 1. The summed E-state index contributed by atoms with van der Waals surface area (Å²) in [6.45, 7) is 8.17. The van der Waals surface area contributed by atoms with E-state index in [1.165, 1.54) is 0 Å². The van der Waals surface area contributed by atoms with E-state index in [-0.39, 0.29) is 43.4 Å². The molecule has 0 aromatic carbocycles. The largest absolute Gasteiger partial charge is 2.00 e. The van der Waals surface area contributed by atoms with Gasteiger partial charge in [0.1, 0.15) is 0 Å². The van der Waals surface area contributed by atoms with Crippen molar-refractivity contribution in [2.24, 2.45) is 9.98 Å². The Morgan fingerprint density at radius 2 is 1.26 bits per heavy atom. The molecule has 0 bridgehead atoms. The zero-order valence-corrected chi connectivity index (χ0v) is 14.5. The van der Waals surface area contributed by atoms with Gasteiger partial charge in [-0.2, -0.15) is 0 Å². The van der Waals surface area contributed by atoms with Gasteiger partial charge in [0.25, 0.3) is 0 Å². The Bertz CT molecular complexity index is 360. The maximum Gasteiger partial charge on any atom is 2.00 e. The molecule has 0 aliphatic heterocycles. The number of pyridine rings is 1. The molecule has 1 radical (unpaired) electrons. The van der Waals surface area contributed by atoms with Crippen LogP contribution in [0.1, 0.15) is 39.1 Å². The predicted molar refractivity (Wildman–Crippen MR) is 69.7 cm³/mol. The Kier molecular flexibility index (Phi) is 15.8. The molecule has 0 atom stereocenters. The summed E-state index contributed by atoms with van der Waals surface area (Å²) in [5.74, 6) is 0. The fourth-order valence-corrected chi connectivity index (χ4v) is 1.06. The maximum atomic E-state index is 4.42. The fourth-order valence-electron chi connectivity index (χ4n) is 1.06. The molecule has 0 saturated heterocycles. The molecule has 1 aromatic heterocycles. The average Bonchev–Trinajstić information content (AvgIpc) is 2.24. The van der Waals surface area contributed by atoms with Gasteiger partial charge in [0.2, 0.25) is 0 Å². The second kappa shape index (κ2) is 12.7. The smallest absolute Gasteiger partial charge is 1.00 e. The van der Waals surface area contributed by atoms with Gasteiger partial charge in [-0.1, -0.05) is 6.07 Å². The van der Waals surface area contributed by atoms with Crippen molar-refractivity contribution >= 4 is 12.4 Å². The molecule has 0 fully saturated rings. The molecule has 3 nitrogen and oxygen atoms in total. The molecule has 1 aromatic rings. The molecule has 0 aliphatic carbocycles. The van der Waals surface area contributed by atoms with E-state index in [2.05, 4.69) is 15.0 Å². The first kappa shape index (κ1) is 23.7. The molecule has 0 unspecified atom stereocenters. The van der Waals surface area contributed by atoms with Crippen LogP contribution in [0, 0.1) is 0 Å². The monoisotopic (exact) mass is 338 g/mol. The molecular weight excluding hydrogens is 320 g/mol. The second-order valence-corrected chi connectivity index (χ2v) is 4.23. The number of rotatable bonds is 4. The first-order valence-corrected chi connectivity index (χ1v) is 5.61. The van der Waals surface area contributed by atoms with E-state index >= 15 is 0 Å². The first-order chi connectivity index (χ1) is 7.58. The predicted octanol–water partition coefficient (Wildman–Crippen LogP) is -3.26. The topological polar surface area (TPSA) is 37.6 Å². The van der Waals surface area contributed by atoms with Gasteiger partial charge in [-0.3, -0.25) is 9.98 Å². The molecule has 0 spiro atoms. The van der Waals surface area contributed by atoms with Gasteiger partial charge in [0, 0.05) is 24.5 Å². The van der Waals surface area contributed by atoms with Gasteiger partial charge in [-0.15, -0.1) is 0 Å². The van der Waals surface area contributed by atoms with E-state index in [0.29, 0.717) is 12.1 Å². The molecule has 19 heavy (non-hydrogen) atoms. The van der Waals surface area contributed by atoms with Gasteiger partial charge >= 0.3 is 18.6 Å². The van der Waals surface area contributed by atoms with Crippen LogP contribution in [0.25, 0.3) is 0 Å². The summed E-state index contributed by atoms with van der Waals surface area (Å²) in [5.41, 5.74) is 1.75. The van der Waals surface area contributed by atoms with Crippen LogP contribution in [-0.2, 0) is 18.6 Å². The molecule has 0 amide bonds. The quantitative estimate of drug-likeness (QED) is 0.531. The van der Waals surface area contributed by atoms with Gasteiger partial charge in [0.05, 0.1) is 11.4 Å². The Balaban J connectivity index is -0.000000853. The van der Waals surface area contributed by atoms with Crippen LogP contribution in [-0.4, -0.2) is 29.5 Å². The molecular formula is C13H19Cl2N3V. The minimum absolute atomic E-state index is 0. The van der Waals surface area contributed by atoms with E-state index in [1.807, 2.05) is 45.9 Å². The van der Waals surface area contributed by atoms with Crippen LogP contribution < -0.4 is 24.8 Å². The summed E-state index contributed by atoms with van der Waals surface area (Å²) in [4.78, 5) is 13.0. The minimum Gasteiger partial charge on any atom is -1.00 e. The van der Waals surface area contributed by atoms with Crippen molar-refractivity contribution < 1.29 is 43.4 Å². The number of aliphatic imine (C=N–C) groups is 2. The van der Waals surface area contributed by atoms with Gasteiger partial charge in [-0.05, 0) is 39.8 Å². The van der Waals surface area contributed by atoms with E-state index in [9.17, 15) is 0 Å². The summed E-state index contributed by atoms with van der Waals surface area (Å²) in [5, 5.41) is 0. The second-order valence-electron chi connectivity index (χ2n) is 4.23. The maximum absolute atomic E-state index is 4.42. The molecule has 1 heterocycles. The van der Waals surface area contributed by atoms with Crippen molar-refractivity contribution in [3.05, 3.63) is 29.6 Å². The fraction of sp³-hybridized carbons (Fsp3) is 0.462. The summed E-state index contributed by atoms with van der Waals surface area (Å²) in [6, 6.07) is 6.46. The van der Waals surface area contributed by atoms with Crippen LogP contribution in [0.4, 0.5) is 0 Å². The van der Waals surface area contributed by atoms with Crippen molar-refractivity contribution in [2.75, 3.05) is 0 Å². The van der Waals surface area contributed by atoms with Crippen LogP contribution in [0.2, 0.25) is 0 Å². The van der Waals surface area contributed by atoms with Gasteiger partial charge in [-0.25, -0.2) is 4.98 Å². The summed E-state index contributed by atoms with van der Waals surface area (Å²) >= 11 is 0. The summed E-state index contributed by atoms with van der Waals surface area (Å²) < 4.78 is 0. The normalized spacial score (nSPS) is 10.4. The van der Waals surface area contributed by atoms with Crippen LogP contribution in [0.15, 0.2) is 28.2 Å². The molecule has 6 heteroatoms. The Morgan fingerprint density at radius 1 is 0.895 bits per heavy atom. The van der Waals surface area contributed by atoms with Crippen molar-refractivity contribution in [1.82, 2.24) is 4.98 Å². The van der Waals surface area contributed by atoms with E-state index in [1.54, 1.807) is 12.4 Å². The third-order valence-electron chi connectivity index (χ3n) is 1.80. The SMILES string of the molecule is CC(C)N=Cc1cccc(C=NC(C)C)n1.[Cl-].[Cl-].[V+2]. The molecule has 0 saturated carbocycles. The zero-order valence-electron chi connectivity index (χ0n) is 11.6. The summed E-state index contributed by atoms with van der Waals surface area (Å²) in [7, 11) is 0. The number of halogens is 2. The van der Waals surface area contributed by atoms with Crippen LogP contribution >= 0.6 is 0 Å².